The molecule has 4 nitrogen and oxygen atoms in total. The zero-order chi connectivity index (χ0) is 21.2. The van der Waals surface area contributed by atoms with E-state index in [-0.39, 0.29) is 23.9 Å². The van der Waals surface area contributed by atoms with Gasteiger partial charge < -0.3 is 15.1 Å². The highest BCUT2D eigenvalue weighted by Gasteiger charge is 2.41. The molecule has 1 amide bonds. The van der Waals surface area contributed by atoms with E-state index < -0.39 is 0 Å². The molecule has 0 aliphatic carbocycles. The van der Waals surface area contributed by atoms with Crippen molar-refractivity contribution in [1.82, 2.24) is 5.32 Å². The van der Waals surface area contributed by atoms with E-state index in [1.54, 1.807) is 0 Å². The van der Waals surface area contributed by atoms with Crippen LogP contribution < -0.4 is 15.1 Å². The van der Waals surface area contributed by atoms with Crippen molar-refractivity contribution in [2.75, 3.05) is 29.4 Å². The number of amides is 1. The quantitative estimate of drug-likeness (QED) is 0.690. The number of anilines is 2. The maximum Gasteiger partial charge on any atom is 0.226 e. The SMILES string of the molecule is C[C@H](NC(=O)[C@H]1Cc2ccccc2N2CCN(c3ccccc3)C[C@H]12)c1ccccc1. The van der Waals surface area contributed by atoms with E-state index in [0.29, 0.717) is 0 Å². The van der Waals surface area contributed by atoms with Crippen molar-refractivity contribution in [3.63, 3.8) is 0 Å². The van der Waals surface area contributed by atoms with Crippen molar-refractivity contribution in [2.45, 2.75) is 25.4 Å². The molecule has 3 aromatic rings. The minimum absolute atomic E-state index is 0.00635. The lowest BCUT2D eigenvalue weighted by Crippen LogP contribution is -2.61. The van der Waals surface area contributed by atoms with Gasteiger partial charge in [0.05, 0.1) is 18.0 Å². The van der Waals surface area contributed by atoms with Crippen LogP contribution in [0.15, 0.2) is 84.9 Å². The first-order valence-corrected chi connectivity index (χ1v) is 11.2. The van der Waals surface area contributed by atoms with E-state index in [2.05, 4.69) is 88.8 Å². The van der Waals surface area contributed by atoms with Crippen LogP contribution in [0.1, 0.15) is 24.1 Å². The average molecular weight is 412 g/mol. The van der Waals surface area contributed by atoms with Gasteiger partial charge in [0, 0.05) is 31.0 Å². The fourth-order valence-corrected chi connectivity index (χ4v) is 5.08. The van der Waals surface area contributed by atoms with Gasteiger partial charge in [-0.15, -0.1) is 0 Å². The van der Waals surface area contributed by atoms with Gasteiger partial charge in [0.25, 0.3) is 0 Å². The molecule has 2 aliphatic rings. The summed E-state index contributed by atoms with van der Waals surface area (Å²) in [6, 6.07) is 29.5. The molecule has 1 fully saturated rings. The third-order valence-electron chi connectivity index (χ3n) is 6.74. The Kier molecular flexibility index (Phi) is 5.37. The number of piperazine rings is 1. The predicted octanol–water partition coefficient (Wildman–Crippen LogP) is 4.43. The summed E-state index contributed by atoms with van der Waals surface area (Å²) in [5, 5.41) is 3.30. The zero-order valence-electron chi connectivity index (χ0n) is 17.9. The average Bonchev–Trinajstić information content (AvgIpc) is 2.84. The molecular weight excluding hydrogens is 382 g/mol. The number of fused-ring (bicyclic) bond motifs is 3. The summed E-state index contributed by atoms with van der Waals surface area (Å²) >= 11 is 0. The first-order chi connectivity index (χ1) is 15.2. The molecule has 2 aliphatic heterocycles. The Labute approximate surface area is 184 Å². The van der Waals surface area contributed by atoms with E-state index in [1.807, 2.05) is 18.2 Å². The van der Waals surface area contributed by atoms with E-state index >= 15 is 0 Å². The van der Waals surface area contributed by atoms with Gasteiger partial charge in [-0.05, 0) is 42.7 Å². The van der Waals surface area contributed by atoms with Gasteiger partial charge in [-0.2, -0.15) is 0 Å². The molecule has 0 radical (unpaired) electrons. The first-order valence-electron chi connectivity index (χ1n) is 11.2. The van der Waals surface area contributed by atoms with E-state index in [0.717, 1.165) is 31.6 Å². The van der Waals surface area contributed by atoms with Crippen molar-refractivity contribution >= 4 is 17.3 Å². The third-order valence-corrected chi connectivity index (χ3v) is 6.74. The summed E-state index contributed by atoms with van der Waals surface area (Å²) in [6.45, 7) is 4.81. The van der Waals surface area contributed by atoms with E-state index in [9.17, 15) is 4.79 Å². The predicted molar refractivity (Wildman–Crippen MR) is 126 cm³/mol. The van der Waals surface area contributed by atoms with Crippen LogP contribution in [0.5, 0.6) is 0 Å². The number of para-hydroxylation sites is 2. The number of carbonyl (C=O) groups excluding carboxylic acids is 1. The molecule has 0 unspecified atom stereocenters. The van der Waals surface area contributed by atoms with Crippen molar-refractivity contribution in [1.29, 1.82) is 0 Å². The standard InChI is InChI=1S/C27H29N3O/c1-20(21-10-4-2-5-11-21)28-27(31)24-18-22-12-8-9-15-25(22)30-17-16-29(19-26(24)30)23-13-6-3-7-14-23/h2-15,20,24,26H,16-19H2,1H3,(H,28,31)/t20-,24-,26+/m0/s1. The summed E-state index contributed by atoms with van der Waals surface area (Å²) < 4.78 is 0. The molecule has 1 N–H and O–H groups in total. The Morgan fingerprint density at radius 1 is 0.903 bits per heavy atom. The van der Waals surface area contributed by atoms with Crippen LogP contribution in [0.2, 0.25) is 0 Å². The summed E-state index contributed by atoms with van der Waals surface area (Å²) in [6.07, 6.45) is 0.785. The van der Waals surface area contributed by atoms with Crippen LogP contribution in [0.25, 0.3) is 0 Å². The van der Waals surface area contributed by atoms with Crippen LogP contribution in [0, 0.1) is 5.92 Å². The Hall–Kier alpha value is -3.27. The van der Waals surface area contributed by atoms with Crippen LogP contribution >= 0.6 is 0 Å². The number of carbonyl (C=O) groups is 1. The maximum atomic E-state index is 13.5. The van der Waals surface area contributed by atoms with Gasteiger partial charge in [-0.3, -0.25) is 4.79 Å². The zero-order valence-corrected chi connectivity index (χ0v) is 17.9. The lowest BCUT2D eigenvalue weighted by Gasteiger charge is -2.49. The first kappa shape index (κ1) is 19.7. The highest BCUT2D eigenvalue weighted by molar-refractivity contribution is 5.82. The minimum Gasteiger partial charge on any atom is -0.368 e. The van der Waals surface area contributed by atoms with Gasteiger partial charge in [-0.1, -0.05) is 66.7 Å². The highest BCUT2D eigenvalue weighted by atomic mass is 16.2. The Balaban J connectivity index is 1.42. The number of hydrogen-bond acceptors (Lipinski definition) is 3. The normalized spacial score (nSPS) is 21.1. The van der Waals surface area contributed by atoms with Gasteiger partial charge in [-0.25, -0.2) is 0 Å². The second kappa shape index (κ2) is 8.46. The molecule has 0 aromatic heterocycles. The van der Waals surface area contributed by atoms with Crippen LogP contribution in [-0.4, -0.2) is 31.6 Å². The fraction of sp³-hybridized carbons (Fsp3) is 0.296. The topological polar surface area (TPSA) is 35.6 Å². The monoisotopic (exact) mass is 411 g/mol. The number of nitrogens with zero attached hydrogens (tertiary/aromatic N) is 2. The van der Waals surface area contributed by atoms with Crippen molar-refractivity contribution in [3.8, 4) is 0 Å². The molecule has 2 heterocycles. The van der Waals surface area contributed by atoms with Gasteiger partial charge >= 0.3 is 0 Å². The number of rotatable bonds is 4. The third kappa shape index (κ3) is 3.90. The van der Waals surface area contributed by atoms with Gasteiger partial charge in [0.1, 0.15) is 0 Å². The van der Waals surface area contributed by atoms with Crippen LogP contribution in [-0.2, 0) is 11.2 Å². The van der Waals surface area contributed by atoms with Crippen molar-refractivity contribution < 1.29 is 4.79 Å². The van der Waals surface area contributed by atoms with Crippen molar-refractivity contribution in [3.05, 3.63) is 96.1 Å². The molecule has 3 aromatic carbocycles. The fourth-order valence-electron chi connectivity index (χ4n) is 5.08. The molecule has 5 rings (SSSR count). The molecule has 0 bridgehead atoms. The maximum absolute atomic E-state index is 13.5. The summed E-state index contributed by atoms with van der Waals surface area (Å²) in [4.78, 5) is 18.4. The lowest BCUT2D eigenvalue weighted by molar-refractivity contribution is -0.126. The molecule has 3 atom stereocenters. The van der Waals surface area contributed by atoms with Gasteiger partial charge in [0.2, 0.25) is 5.91 Å². The Bertz CT molecular complexity index is 1040. The van der Waals surface area contributed by atoms with Crippen LogP contribution in [0.3, 0.4) is 0 Å². The minimum atomic E-state index is -0.0763. The summed E-state index contributed by atoms with van der Waals surface area (Å²) in [5.41, 5.74) is 4.94. The Morgan fingerprint density at radius 2 is 1.58 bits per heavy atom. The number of hydrogen-bond donors (Lipinski definition) is 1. The number of benzene rings is 3. The lowest BCUT2D eigenvalue weighted by atomic mass is 9.83. The molecule has 0 saturated carbocycles. The van der Waals surface area contributed by atoms with Crippen LogP contribution in [0.4, 0.5) is 11.4 Å². The van der Waals surface area contributed by atoms with E-state index in [1.165, 1.54) is 16.9 Å². The summed E-state index contributed by atoms with van der Waals surface area (Å²) in [5.74, 6) is 0.0725. The van der Waals surface area contributed by atoms with Crippen molar-refractivity contribution in [2.24, 2.45) is 5.92 Å². The number of nitrogens with one attached hydrogen (secondary N) is 1. The molecule has 1 saturated heterocycles. The highest BCUT2D eigenvalue weighted by Crippen LogP contribution is 2.37. The molecule has 4 heteroatoms. The molecule has 31 heavy (non-hydrogen) atoms. The largest absolute Gasteiger partial charge is 0.368 e. The molecular formula is C27H29N3O. The second-order valence-corrected chi connectivity index (χ2v) is 8.62. The molecule has 158 valence electrons. The molecule has 0 spiro atoms. The second-order valence-electron chi connectivity index (χ2n) is 8.62. The smallest absolute Gasteiger partial charge is 0.226 e. The summed E-state index contributed by atoms with van der Waals surface area (Å²) in [7, 11) is 0. The van der Waals surface area contributed by atoms with Gasteiger partial charge in [0.15, 0.2) is 0 Å². The Morgan fingerprint density at radius 3 is 2.35 bits per heavy atom. The van der Waals surface area contributed by atoms with E-state index in [4.69, 9.17) is 0 Å².